The van der Waals surface area contributed by atoms with Gasteiger partial charge in [-0.25, -0.2) is 0 Å². The van der Waals surface area contributed by atoms with Crippen LogP contribution in [0.15, 0.2) is 0 Å². The standard InChI is InChI=1S/C22H36O2/c1-13-11-19-17-6-5-15-12-16(24)7-9-21(15,3)18(17)8-10-22(19,4)20(13)14(2)23/h13,15-20,24H,5-12H2,1-4H3/t13-,15-,16-,17-,18-,19-,20+,21+,22-/m1/s1. The van der Waals surface area contributed by atoms with Crippen molar-refractivity contribution in [1.82, 2.24) is 0 Å². The van der Waals surface area contributed by atoms with E-state index in [9.17, 15) is 9.90 Å². The van der Waals surface area contributed by atoms with Crippen LogP contribution in [-0.2, 0) is 4.79 Å². The Hall–Kier alpha value is -0.370. The van der Waals surface area contributed by atoms with Crippen LogP contribution in [-0.4, -0.2) is 17.0 Å². The lowest BCUT2D eigenvalue weighted by molar-refractivity contribution is -0.139. The molecule has 9 atom stereocenters. The van der Waals surface area contributed by atoms with Crippen molar-refractivity contribution in [2.45, 2.75) is 85.2 Å². The van der Waals surface area contributed by atoms with Crippen molar-refractivity contribution in [2.24, 2.45) is 46.3 Å². The van der Waals surface area contributed by atoms with Crippen LogP contribution in [0.25, 0.3) is 0 Å². The van der Waals surface area contributed by atoms with Gasteiger partial charge in [0.25, 0.3) is 0 Å². The minimum Gasteiger partial charge on any atom is -0.393 e. The summed E-state index contributed by atoms with van der Waals surface area (Å²) >= 11 is 0. The molecular formula is C22H36O2. The van der Waals surface area contributed by atoms with Gasteiger partial charge in [-0.1, -0.05) is 20.8 Å². The van der Waals surface area contributed by atoms with Gasteiger partial charge in [-0.3, -0.25) is 4.79 Å². The van der Waals surface area contributed by atoms with E-state index in [1.807, 2.05) is 6.92 Å². The molecule has 0 aliphatic heterocycles. The Kier molecular flexibility index (Phi) is 3.95. The number of fused-ring (bicyclic) bond motifs is 5. The highest BCUT2D eigenvalue weighted by Gasteiger charge is 2.62. The molecule has 0 aromatic carbocycles. The SMILES string of the molecule is CC(=O)[C@@H]1[C@H](C)C[C@@H]2[C@@H]3CC[C@@H]4C[C@H](O)CC[C@]4(C)[C@@H]3CC[C@]21C. The highest BCUT2D eigenvalue weighted by molar-refractivity contribution is 5.80. The molecule has 2 nitrogen and oxygen atoms in total. The van der Waals surface area contributed by atoms with Gasteiger partial charge in [0, 0.05) is 5.92 Å². The second-order valence-corrected chi connectivity index (χ2v) is 10.4. The average molecular weight is 333 g/mol. The van der Waals surface area contributed by atoms with E-state index in [1.165, 1.54) is 38.5 Å². The van der Waals surface area contributed by atoms with Crippen LogP contribution in [0, 0.1) is 46.3 Å². The van der Waals surface area contributed by atoms with Crippen molar-refractivity contribution in [2.75, 3.05) is 0 Å². The Bertz CT molecular complexity index is 528. The fourth-order valence-corrected chi connectivity index (χ4v) is 8.46. The predicted octanol–water partition coefficient (Wildman–Crippen LogP) is 4.84. The van der Waals surface area contributed by atoms with Gasteiger partial charge in [-0.05, 0) is 98.7 Å². The molecule has 2 heteroatoms. The molecular weight excluding hydrogens is 296 g/mol. The third-order valence-electron chi connectivity index (χ3n) is 9.42. The normalized spacial score (nSPS) is 57.0. The Balaban J connectivity index is 1.64. The maximum Gasteiger partial charge on any atom is 0.133 e. The second-order valence-electron chi connectivity index (χ2n) is 10.4. The Morgan fingerprint density at radius 2 is 1.67 bits per heavy atom. The predicted molar refractivity (Wildman–Crippen MR) is 96.5 cm³/mol. The van der Waals surface area contributed by atoms with Crippen LogP contribution >= 0.6 is 0 Å². The van der Waals surface area contributed by atoms with Crippen molar-refractivity contribution in [3.05, 3.63) is 0 Å². The number of hydrogen-bond donors (Lipinski definition) is 1. The van der Waals surface area contributed by atoms with E-state index in [0.717, 1.165) is 36.5 Å². The molecule has 4 aliphatic carbocycles. The molecule has 4 rings (SSSR count). The highest BCUT2D eigenvalue weighted by atomic mass is 16.3. The van der Waals surface area contributed by atoms with E-state index >= 15 is 0 Å². The molecule has 0 aromatic heterocycles. The number of hydrogen-bond acceptors (Lipinski definition) is 2. The van der Waals surface area contributed by atoms with Gasteiger partial charge in [0.05, 0.1) is 6.10 Å². The van der Waals surface area contributed by atoms with E-state index in [-0.39, 0.29) is 11.5 Å². The van der Waals surface area contributed by atoms with Crippen LogP contribution in [0.5, 0.6) is 0 Å². The minimum absolute atomic E-state index is 0.0536. The van der Waals surface area contributed by atoms with E-state index < -0.39 is 0 Å². The molecule has 4 aliphatic rings. The molecule has 0 radical (unpaired) electrons. The molecule has 4 saturated carbocycles. The molecule has 24 heavy (non-hydrogen) atoms. The number of Topliss-reactive ketones (excluding diaryl/α,β-unsaturated/α-hetero) is 1. The number of carbonyl (C=O) groups excluding carboxylic acids is 1. The van der Waals surface area contributed by atoms with E-state index in [4.69, 9.17) is 0 Å². The summed E-state index contributed by atoms with van der Waals surface area (Å²) in [6, 6.07) is 0. The third kappa shape index (κ3) is 2.20. The molecule has 0 unspecified atom stereocenters. The zero-order valence-electron chi connectivity index (χ0n) is 16.1. The largest absolute Gasteiger partial charge is 0.393 e. The summed E-state index contributed by atoms with van der Waals surface area (Å²) in [5.41, 5.74) is 0.699. The second kappa shape index (κ2) is 5.56. The lowest BCUT2D eigenvalue weighted by Crippen LogP contribution is -2.54. The molecule has 0 spiro atoms. The van der Waals surface area contributed by atoms with E-state index in [2.05, 4.69) is 20.8 Å². The summed E-state index contributed by atoms with van der Waals surface area (Å²) in [4.78, 5) is 12.4. The first kappa shape index (κ1) is 17.1. The van der Waals surface area contributed by atoms with Crippen molar-refractivity contribution >= 4 is 5.78 Å². The van der Waals surface area contributed by atoms with Crippen molar-refractivity contribution in [1.29, 1.82) is 0 Å². The number of ketones is 1. The minimum atomic E-state index is -0.0536. The van der Waals surface area contributed by atoms with Gasteiger partial charge in [0.2, 0.25) is 0 Å². The zero-order chi connectivity index (χ0) is 17.3. The van der Waals surface area contributed by atoms with Crippen molar-refractivity contribution in [3.63, 3.8) is 0 Å². The molecule has 136 valence electrons. The van der Waals surface area contributed by atoms with Crippen LogP contribution < -0.4 is 0 Å². The zero-order valence-corrected chi connectivity index (χ0v) is 16.1. The van der Waals surface area contributed by atoms with Gasteiger partial charge in [-0.15, -0.1) is 0 Å². The number of carbonyl (C=O) groups is 1. The Labute approximate surface area is 147 Å². The molecule has 0 saturated heterocycles. The summed E-state index contributed by atoms with van der Waals surface area (Å²) in [7, 11) is 0. The lowest BCUT2D eigenvalue weighted by atomic mass is 9.44. The number of aliphatic hydroxyl groups is 1. The van der Waals surface area contributed by atoms with Crippen molar-refractivity contribution in [3.8, 4) is 0 Å². The quantitative estimate of drug-likeness (QED) is 0.746. The summed E-state index contributed by atoms with van der Waals surface area (Å²) in [5, 5.41) is 10.1. The Morgan fingerprint density at radius 1 is 0.958 bits per heavy atom. The monoisotopic (exact) mass is 332 g/mol. The number of aliphatic hydroxyl groups excluding tert-OH is 1. The average Bonchev–Trinajstić information content (AvgIpc) is 2.78. The fraction of sp³-hybridized carbons (Fsp3) is 0.955. The maximum absolute atomic E-state index is 12.4. The first-order valence-electron chi connectivity index (χ1n) is 10.5. The first-order valence-corrected chi connectivity index (χ1v) is 10.5. The molecule has 0 amide bonds. The number of rotatable bonds is 1. The smallest absolute Gasteiger partial charge is 0.133 e. The summed E-state index contributed by atoms with van der Waals surface area (Å²) in [5.74, 6) is 4.44. The van der Waals surface area contributed by atoms with Gasteiger partial charge in [-0.2, -0.15) is 0 Å². The van der Waals surface area contributed by atoms with Gasteiger partial charge in [0.1, 0.15) is 5.78 Å². The van der Waals surface area contributed by atoms with Gasteiger partial charge < -0.3 is 5.11 Å². The highest BCUT2D eigenvalue weighted by Crippen LogP contribution is 2.68. The van der Waals surface area contributed by atoms with E-state index in [1.54, 1.807) is 0 Å². The summed E-state index contributed by atoms with van der Waals surface area (Å²) in [6.45, 7) is 9.16. The van der Waals surface area contributed by atoms with Crippen molar-refractivity contribution < 1.29 is 9.90 Å². The van der Waals surface area contributed by atoms with E-state index in [0.29, 0.717) is 23.0 Å². The van der Waals surface area contributed by atoms with Gasteiger partial charge >= 0.3 is 0 Å². The molecule has 0 aromatic rings. The molecule has 4 fully saturated rings. The van der Waals surface area contributed by atoms with Crippen LogP contribution in [0.2, 0.25) is 0 Å². The summed E-state index contributed by atoms with van der Waals surface area (Å²) in [6.07, 6.45) is 9.69. The fourth-order valence-electron chi connectivity index (χ4n) is 8.46. The van der Waals surface area contributed by atoms with Gasteiger partial charge in [0.15, 0.2) is 0 Å². The van der Waals surface area contributed by atoms with Crippen LogP contribution in [0.3, 0.4) is 0 Å². The molecule has 1 N–H and O–H groups in total. The Morgan fingerprint density at radius 3 is 2.38 bits per heavy atom. The lowest BCUT2D eigenvalue weighted by Gasteiger charge is -2.60. The van der Waals surface area contributed by atoms with Crippen LogP contribution in [0.1, 0.15) is 79.1 Å². The molecule has 0 heterocycles. The first-order chi connectivity index (χ1) is 11.3. The maximum atomic E-state index is 12.4. The third-order valence-corrected chi connectivity index (χ3v) is 9.42. The molecule has 0 bridgehead atoms. The van der Waals surface area contributed by atoms with Crippen LogP contribution in [0.4, 0.5) is 0 Å². The topological polar surface area (TPSA) is 37.3 Å². The summed E-state index contributed by atoms with van der Waals surface area (Å²) < 4.78 is 0.